The first-order chi connectivity index (χ1) is 11.2. The summed E-state index contributed by atoms with van der Waals surface area (Å²) in [6.45, 7) is 0. The van der Waals surface area contributed by atoms with Gasteiger partial charge < -0.3 is 15.0 Å². The molecule has 2 aromatic heterocycles. The molecule has 6 heteroatoms. The first kappa shape index (κ1) is 14.8. The highest BCUT2D eigenvalue weighted by Crippen LogP contribution is 2.15. The maximum atomic E-state index is 12.5. The second-order valence-corrected chi connectivity index (χ2v) is 5.08. The van der Waals surface area contributed by atoms with Crippen molar-refractivity contribution in [2.45, 2.75) is 6.42 Å². The molecule has 0 aliphatic heterocycles. The van der Waals surface area contributed by atoms with Gasteiger partial charge in [0.25, 0.3) is 5.91 Å². The number of amides is 2. The van der Waals surface area contributed by atoms with Crippen LogP contribution in [0.4, 0.5) is 5.69 Å². The minimum absolute atomic E-state index is 0.0735. The van der Waals surface area contributed by atoms with Crippen molar-refractivity contribution in [3.63, 3.8) is 0 Å². The summed E-state index contributed by atoms with van der Waals surface area (Å²) >= 11 is 0. The lowest BCUT2D eigenvalue weighted by Crippen LogP contribution is -2.20. The van der Waals surface area contributed by atoms with Gasteiger partial charge in [-0.15, -0.1) is 0 Å². The molecule has 0 unspecified atom stereocenters. The van der Waals surface area contributed by atoms with Crippen LogP contribution < -0.4 is 10.6 Å². The van der Waals surface area contributed by atoms with E-state index in [1.54, 1.807) is 48.1 Å². The van der Waals surface area contributed by atoms with E-state index in [2.05, 4.69) is 15.6 Å². The van der Waals surface area contributed by atoms with Crippen LogP contribution in [0.25, 0.3) is 5.65 Å². The summed E-state index contributed by atoms with van der Waals surface area (Å²) in [7, 11) is 1.60. The second kappa shape index (κ2) is 6.31. The monoisotopic (exact) mass is 308 g/mol. The average molecular weight is 308 g/mol. The lowest BCUT2D eigenvalue weighted by Gasteiger charge is -2.08. The fourth-order valence-corrected chi connectivity index (χ4v) is 2.36. The highest BCUT2D eigenvalue weighted by Gasteiger charge is 2.12. The summed E-state index contributed by atoms with van der Waals surface area (Å²) in [4.78, 5) is 28.1. The molecule has 0 aliphatic carbocycles. The summed E-state index contributed by atoms with van der Waals surface area (Å²) < 4.78 is 1.79. The van der Waals surface area contributed by atoms with E-state index in [1.807, 2.05) is 18.3 Å². The van der Waals surface area contributed by atoms with Gasteiger partial charge in [-0.1, -0.05) is 12.1 Å². The van der Waals surface area contributed by atoms with Crippen LogP contribution in [0.2, 0.25) is 0 Å². The number of nitrogens with zero attached hydrogens (tertiary/aromatic N) is 2. The van der Waals surface area contributed by atoms with Gasteiger partial charge in [-0.3, -0.25) is 9.59 Å². The molecule has 0 radical (unpaired) electrons. The fraction of sp³-hybridized carbons (Fsp3) is 0.118. The molecular weight excluding hydrogens is 292 g/mol. The van der Waals surface area contributed by atoms with Gasteiger partial charge in [-0.2, -0.15) is 0 Å². The van der Waals surface area contributed by atoms with Gasteiger partial charge in [0.15, 0.2) is 0 Å². The number of carbonyl (C=O) groups is 2. The Morgan fingerprint density at radius 1 is 1.17 bits per heavy atom. The van der Waals surface area contributed by atoms with Crippen molar-refractivity contribution >= 4 is 23.1 Å². The van der Waals surface area contributed by atoms with Crippen molar-refractivity contribution in [2.24, 2.45) is 0 Å². The number of nitrogens with one attached hydrogen (secondary N) is 2. The van der Waals surface area contributed by atoms with E-state index in [1.165, 1.54) is 0 Å². The van der Waals surface area contributed by atoms with Crippen LogP contribution in [-0.2, 0) is 11.2 Å². The van der Waals surface area contributed by atoms with E-state index in [-0.39, 0.29) is 18.2 Å². The average Bonchev–Trinajstić information content (AvgIpc) is 3.03. The molecule has 23 heavy (non-hydrogen) atoms. The third-order valence-electron chi connectivity index (χ3n) is 3.49. The highest BCUT2D eigenvalue weighted by molar-refractivity contribution is 6.08. The maximum Gasteiger partial charge on any atom is 0.259 e. The lowest BCUT2D eigenvalue weighted by molar-refractivity contribution is -0.119. The number of hydrogen-bond donors (Lipinski definition) is 2. The SMILES string of the molecule is CNC(=O)Cc1cccc(NC(=O)c2cccn3ccnc23)c1. The Morgan fingerprint density at radius 2 is 2.04 bits per heavy atom. The van der Waals surface area contributed by atoms with E-state index in [0.717, 1.165) is 5.56 Å². The second-order valence-electron chi connectivity index (χ2n) is 5.08. The van der Waals surface area contributed by atoms with Gasteiger partial charge in [0.2, 0.25) is 5.91 Å². The molecule has 6 nitrogen and oxygen atoms in total. The Hall–Kier alpha value is -3.15. The summed E-state index contributed by atoms with van der Waals surface area (Å²) in [6, 6.07) is 10.8. The summed E-state index contributed by atoms with van der Waals surface area (Å²) in [5.41, 5.74) is 2.58. The molecule has 0 saturated heterocycles. The van der Waals surface area contributed by atoms with Crippen molar-refractivity contribution in [1.29, 1.82) is 0 Å². The van der Waals surface area contributed by atoms with Gasteiger partial charge in [0.05, 0.1) is 12.0 Å². The summed E-state index contributed by atoms with van der Waals surface area (Å²) in [5, 5.41) is 5.43. The zero-order valence-electron chi connectivity index (χ0n) is 12.6. The van der Waals surface area contributed by atoms with E-state index < -0.39 is 0 Å². The summed E-state index contributed by atoms with van der Waals surface area (Å²) in [5.74, 6) is -0.311. The van der Waals surface area contributed by atoms with Gasteiger partial charge in [0, 0.05) is 31.3 Å². The molecule has 0 spiro atoms. The zero-order chi connectivity index (χ0) is 16.2. The highest BCUT2D eigenvalue weighted by atomic mass is 16.2. The number of benzene rings is 1. The van der Waals surface area contributed by atoms with Crippen molar-refractivity contribution in [1.82, 2.24) is 14.7 Å². The molecular formula is C17H16N4O2. The van der Waals surface area contributed by atoms with Crippen LogP contribution in [0.5, 0.6) is 0 Å². The molecule has 2 heterocycles. The van der Waals surface area contributed by atoms with Crippen LogP contribution in [-0.4, -0.2) is 28.2 Å². The zero-order valence-corrected chi connectivity index (χ0v) is 12.6. The fourth-order valence-electron chi connectivity index (χ4n) is 2.36. The van der Waals surface area contributed by atoms with Crippen LogP contribution in [0.1, 0.15) is 15.9 Å². The minimum Gasteiger partial charge on any atom is -0.359 e. The standard InChI is InChI=1S/C17H16N4O2/c1-18-15(22)11-12-4-2-5-13(10-12)20-17(23)14-6-3-8-21-9-7-19-16(14)21/h2-10H,11H2,1H3,(H,18,22)(H,20,23). The van der Waals surface area contributed by atoms with Gasteiger partial charge in [0.1, 0.15) is 5.65 Å². The quantitative estimate of drug-likeness (QED) is 0.772. The largest absolute Gasteiger partial charge is 0.359 e. The third-order valence-corrected chi connectivity index (χ3v) is 3.49. The Bertz CT molecular complexity index is 870. The lowest BCUT2D eigenvalue weighted by atomic mass is 10.1. The smallest absolute Gasteiger partial charge is 0.259 e. The topological polar surface area (TPSA) is 75.5 Å². The number of aromatic nitrogens is 2. The molecule has 3 rings (SSSR count). The molecule has 0 atom stereocenters. The number of hydrogen-bond acceptors (Lipinski definition) is 3. The van der Waals surface area contributed by atoms with Crippen molar-refractivity contribution in [2.75, 3.05) is 12.4 Å². The number of anilines is 1. The Balaban J connectivity index is 1.81. The molecule has 0 fully saturated rings. The molecule has 2 N–H and O–H groups in total. The van der Waals surface area contributed by atoms with E-state index in [9.17, 15) is 9.59 Å². The van der Waals surface area contributed by atoms with Crippen molar-refractivity contribution in [3.05, 3.63) is 66.1 Å². The summed E-state index contributed by atoms with van der Waals surface area (Å²) in [6.07, 6.45) is 5.55. The molecule has 0 saturated carbocycles. The normalized spacial score (nSPS) is 10.5. The number of pyridine rings is 1. The Labute approximate surface area is 133 Å². The Kier molecular flexibility index (Phi) is 4.05. The molecule has 3 aromatic rings. The predicted octanol–water partition coefficient (Wildman–Crippen LogP) is 1.88. The van der Waals surface area contributed by atoms with Crippen molar-refractivity contribution < 1.29 is 9.59 Å². The number of rotatable bonds is 4. The molecule has 2 amide bonds. The van der Waals surface area contributed by atoms with Gasteiger partial charge in [-0.25, -0.2) is 4.98 Å². The first-order valence-corrected chi connectivity index (χ1v) is 7.20. The van der Waals surface area contributed by atoms with Gasteiger partial charge >= 0.3 is 0 Å². The minimum atomic E-state index is -0.237. The number of carbonyl (C=O) groups excluding carboxylic acids is 2. The van der Waals surface area contributed by atoms with Gasteiger partial charge in [-0.05, 0) is 29.8 Å². The van der Waals surface area contributed by atoms with E-state index in [0.29, 0.717) is 16.9 Å². The van der Waals surface area contributed by atoms with Crippen molar-refractivity contribution in [3.8, 4) is 0 Å². The number of imidazole rings is 1. The third kappa shape index (κ3) is 3.21. The van der Waals surface area contributed by atoms with Crippen LogP contribution in [0.15, 0.2) is 55.0 Å². The molecule has 0 bridgehead atoms. The van der Waals surface area contributed by atoms with E-state index in [4.69, 9.17) is 0 Å². The Morgan fingerprint density at radius 3 is 2.87 bits per heavy atom. The van der Waals surface area contributed by atoms with Crippen LogP contribution >= 0.6 is 0 Å². The first-order valence-electron chi connectivity index (χ1n) is 7.20. The molecule has 1 aromatic carbocycles. The number of likely N-dealkylation sites (N-methyl/N-ethyl adjacent to an activating group) is 1. The number of fused-ring (bicyclic) bond motifs is 1. The maximum absolute atomic E-state index is 12.5. The predicted molar refractivity (Wildman–Crippen MR) is 87.4 cm³/mol. The van der Waals surface area contributed by atoms with Crippen LogP contribution in [0, 0.1) is 0 Å². The molecule has 0 aliphatic rings. The molecule has 116 valence electrons. The van der Waals surface area contributed by atoms with E-state index >= 15 is 0 Å². The van der Waals surface area contributed by atoms with Crippen LogP contribution in [0.3, 0.4) is 0 Å².